The van der Waals surface area contributed by atoms with Gasteiger partial charge in [0, 0.05) is 31.2 Å². The lowest BCUT2D eigenvalue weighted by Gasteiger charge is -2.05. The van der Waals surface area contributed by atoms with Gasteiger partial charge in [0.05, 0.1) is 5.52 Å². The first-order valence-corrected chi connectivity index (χ1v) is 8.00. The summed E-state index contributed by atoms with van der Waals surface area (Å²) in [5.74, 6) is 0.0748. The van der Waals surface area contributed by atoms with Gasteiger partial charge in [-0.25, -0.2) is 0 Å². The van der Waals surface area contributed by atoms with Crippen LogP contribution in [0.2, 0.25) is 0 Å². The monoisotopic (exact) mass is 354 g/mol. The fourth-order valence-corrected chi connectivity index (χ4v) is 2.89. The number of fused-ring (bicyclic) bond motifs is 1. The fourth-order valence-electron chi connectivity index (χ4n) is 2.18. The summed E-state index contributed by atoms with van der Waals surface area (Å²) in [5.41, 5.74) is 2.78. The van der Waals surface area contributed by atoms with Crippen molar-refractivity contribution < 1.29 is 9.53 Å². The second-order valence-electron chi connectivity index (χ2n) is 4.60. The Kier molecular flexibility index (Phi) is 7.05. The molecule has 0 aliphatic rings. The van der Waals surface area contributed by atoms with Crippen molar-refractivity contribution in [2.75, 3.05) is 13.7 Å². The summed E-state index contributed by atoms with van der Waals surface area (Å²) >= 11 is 3.49. The van der Waals surface area contributed by atoms with Crippen LogP contribution in [0.15, 0.2) is 16.7 Å². The highest BCUT2D eigenvalue weighted by Gasteiger charge is 2.13. The third kappa shape index (κ3) is 4.14. The molecule has 0 amide bonds. The minimum absolute atomic E-state index is 0.0748. The number of rotatable bonds is 5. The third-order valence-corrected chi connectivity index (χ3v) is 3.69. The van der Waals surface area contributed by atoms with Gasteiger partial charge in [0.15, 0.2) is 5.78 Å². The summed E-state index contributed by atoms with van der Waals surface area (Å²) in [6, 6.07) is 3.83. The van der Waals surface area contributed by atoms with Crippen molar-refractivity contribution in [3.8, 4) is 0 Å². The Morgan fingerprint density at radius 2 is 2.05 bits per heavy atom. The van der Waals surface area contributed by atoms with E-state index < -0.39 is 0 Å². The van der Waals surface area contributed by atoms with Crippen LogP contribution in [0.5, 0.6) is 0 Å². The van der Waals surface area contributed by atoms with Gasteiger partial charge in [-0.2, -0.15) is 5.10 Å². The number of carbonyl (C=O) groups excluding carboxylic acids is 1. The van der Waals surface area contributed by atoms with Gasteiger partial charge in [-0.3, -0.25) is 9.48 Å². The first kappa shape index (κ1) is 17.9. The number of ketones is 1. The number of nitrogens with zero attached hydrogens (tertiary/aromatic N) is 2. The van der Waals surface area contributed by atoms with E-state index in [4.69, 9.17) is 4.74 Å². The van der Waals surface area contributed by atoms with Crippen molar-refractivity contribution in [1.82, 2.24) is 9.78 Å². The first-order valence-electron chi connectivity index (χ1n) is 7.21. The molecule has 0 saturated heterocycles. The summed E-state index contributed by atoms with van der Waals surface area (Å²) in [7, 11) is 1.69. The van der Waals surface area contributed by atoms with Gasteiger partial charge in [0.25, 0.3) is 0 Å². The molecular formula is C16H23BrN2O2. The Hall–Kier alpha value is -1.20. The number of methoxy groups -OCH3 is 1. The van der Waals surface area contributed by atoms with Gasteiger partial charge in [0.1, 0.15) is 4.60 Å². The van der Waals surface area contributed by atoms with E-state index in [1.54, 1.807) is 14.0 Å². The van der Waals surface area contributed by atoms with Gasteiger partial charge in [-0.1, -0.05) is 13.8 Å². The van der Waals surface area contributed by atoms with E-state index in [9.17, 15) is 4.79 Å². The van der Waals surface area contributed by atoms with Crippen molar-refractivity contribution in [2.24, 2.45) is 0 Å². The lowest BCUT2D eigenvalue weighted by Crippen LogP contribution is -2.04. The topological polar surface area (TPSA) is 44.1 Å². The number of hydrogen-bond acceptors (Lipinski definition) is 3. The van der Waals surface area contributed by atoms with Gasteiger partial charge >= 0.3 is 0 Å². The molecule has 0 atom stereocenters. The molecule has 0 aliphatic carbocycles. The van der Waals surface area contributed by atoms with E-state index in [1.165, 1.54) is 0 Å². The molecule has 0 bridgehead atoms. The standard InChI is InChI=1S/C14H17BrN2O2.C2H6/c1-9-7-11(10(2)18)8-12-13(9)14(15)16-17(12)5-4-6-19-3;1-2/h7-8H,4-6H2,1-3H3;1-2H3. The van der Waals surface area contributed by atoms with Gasteiger partial charge in [-0.05, 0) is 53.9 Å². The summed E-state index contributed by atoms with van der Waals surface area (Å²) in [6.45, 7) is 9.06. The average Bonchev–Trinajstić information content (AvgIpc) is 2.78. The number of aromatic nitrogens is 2. The number of carbonyl (C=O) groups is 1. The van der Waals surface area contributed by atoms with E-state index in [1.807, 2.05) is 37.6 Å². The van der Waals surface area contributed by atoms with Crippen LogP contribution in [0, 0.1) is 6.92 Å². The molecule has 1 aromatic carbocycles. The van der Waals surface area contributed by atoms with Crippen LogP contribution in [0.3, 0.4) is 0 Å². The third-order valence-electron chi connectivity index (χ3n) is 3.13. The zero-order valence-corrected chi connectivity index (χ0v) is 15.0. The quantitative estimate of drug-likeness (QED) is 0.591. The molecule has 2 aromatic rings. The highest BCUT2D eigenvalue weighted by atomic mass is 79.9. The molecule has 0 aliphatic heterocycles. The molecule has 116 valence electrons. The summed E-state index contributed by atoms with van der Waals surface area (Å²) in [4.78, 5) is 11.6. The molecule has 0 saturated carbocycles. The zero-order chi connectivity index (χ0) is 16.0. The normalized spacial score (nSPS) is 10.4. The summed E-state index contributed by atoms with van der Waals surface area (Å²) in [5, 5.41) is 5.56. The predicted molar refractivity (Wildman–Crippen MR) is 90.0 cm³/mol. The molecule has 0 N–H and O–H groups in total. The van der Waals surface area contributed by atoms with Crippen molar-refractivity contribution in [2.45, 2.75) is 40.7 Å². The van der Waals surface area contributed by atoms with Crippen LogP contribution in [0.4, 0.5) is 0 Å². The number of halogens is 1. The maximum Gasteiger partial charge on any atom is 0.159 e. The Morgan fingerprint density at radius 3 is 2.62 bits per heavy atom. The van der Waals surface area contributed by atoms with E-state index in [-0.39, 0.29) is 5.78 Å². The molecule has 0 fully saturated rings. The number of Topliss-reactive ketones (excluding diaryl/α,β-unsaturated/α-hetero) is 1. The molecule has 2 rings (SSSR count). The minimum atomic E-state index is 0.0748. The van der Waals surface area contributed by atoms with Gasteiger partial charge in [-0.15, -0.1) is 0 Å². The first-order chi connectivity index (χ1) is 10.0. The lowest BCUT2D eigenvalue weighted by molar-refractivity contribution is 0.101. The molecule has 1 aromatic heterocycles. The molecular weight excluding hydrogens is 332 g/mol. The smallest absolute Gasteiger partial charge is 0.159 e. The largest absolute Gasteiger partial charge is 0.385 e. The van der Waals surface area contributed by atoms with E-state index in [0.717, 1.165) is 39.6 Å². The van der Waals surface area contributed by atoms with Crippen LogP contribution >= 0.6 is 15.9 Å². The van der Waals surface area contributed by atoms with E-state index in [2.05, 4.69) is 21.0 Å². The number of ether oxygens (including phenoxy) is 1. The molecule has 0 radical (unpaired) electrons. The van der Waals surface area contributed by atoms with E-state index >= 15 is 0 Å². The van der Waals surface area contributed by atoms with Crippen LogP contribution in [0.25, 0.3) is 10.9 Å². The highest BCUT2D eigenvalue weighted by molar-refractivity contribution is 9.10. The second kappa shape index (κ2) is 8.29. The average molecular weight is 355 g/mol. The van der Waals surface area contributed by atoms with Gasteiger partial charge in [0.2, 0.25) is 0 Å². The Labute approximate surface area is 134 Å². The van der Waals surface area contributed by atoms with Crippen LogP contribution in [-0.2, 0) is 11.3 Å². The summed E-state index contributed by atoms with van der Waals surface area (Å²) < 4.78 is 7.82. The highest BCUT2D eigenvalue weighted by Crippen LogP contribution is 2.28. The second-order valence-corrected chi connectivity index (χ2v) is 5.35. The maximum absolute atomic E-state index is 11.6. The Morgan fingerprint density at radius 1 is 1.38 bits per heavy atom. The van der Waals surface area contributed by atoms with Crippen LogP contribution in [-0.4, -0.2) is 29.3 Å². The SMILES string of the molecule is CC.COCCCn1nc(Br)c2c(C)cc(C(C)=O)cc21. The van der Waals surface area contributed by atoms with E-state index in [0.29, 0.717) is 6.61 Å². The summed E-state index contributed by atoms with van der Waals surface area (Å²) in [6.07, 6.45) is 0.892. The Bertz CT molecular complexity index is 620. The maximum atomic E-state index is 11.6. The fraction of sp³-hybridized carbons (Fsp3) is 0.500. The molecule has 1 heterocycles. The number of hydrogen-bond donors (Lipinski definition) is 0. The minimum Gasteiger partial charge on any atom is -0.385 e. The van der Waals surface area contributed by atoms with Crippen LogP contribution in [0.1, 0.15) is 43.1 Å². The Balaban J connectivity index is 0.00000106. The molecule has 5 heteroatoms. The molecule has 0 spiro atoms. The lowest BCUT2D eigenvalue weighted by atomic mass is 10.0. The van der Waals surface area contributed by atoms with Crippen molar-refractivity contribution >= 4 is 32.6 Å². The van der Waals surface area contributed by atoms with Crippen molar-refractivity contribution in [1.29, 1.82) is 0 Å². The van der Waals surface area contributed by atoms with Gasteiger partial charge < -0.3 is 4.74 Å². The molecule has 21 heavy (non-hydrogen) atoms. The van der Waals surface area contributed by atoms with Crippen LogP contribution < -0.4 is 0 Å². The predicted octanol–water partition coefficient (Wildman–Crippen LogP) is 4.37. The number of aryl methyl sites for hydroxylation is 2. The molecule has 0 unspecified atom stereocenters. The number of benzene rings is 1. The molecule has 4 nitrogen and oxygen atoms in total. The van der Waals surface area contributed by atoms with Crippen molar-refractivity contribution in [3.05, 3.63) is 27.9 Å². The zero-order valence-electron chi connectivity index (χ0n) is 13.4. The van der Waals surface area contributed by atoms with Crippen molar-refractivity contribution in [3.63, 3.8) is 0 Å².